The van der Waals surface area contributed by atoms with E-state index in [0.29, 0.717) is 12.5 Å². The summed E-state index contributed by atoms with van der Waals surface area (Å²) in [6.45, 7) is 8.29. The van der Waals surface area contributed by atoms with Crippen LogP contribution in [0.3, 0.4) is 0 Å². The fraction of sp³-hybridized carbons (Fsp3) is 0.667. The van der Waals surface area contributed by atoms with Crippen LogP contribution in [0.1, 0.15) is 13.8 Å². The molecule has 2 heteroatoms. The Hall–Kier alpha value is -0.340. The SMILES string of the molecule is C=C(C)C(C)CON. The molecule has 0 aromatic heterocycles. The molecule has 0 radical (unpaired) electrons. The Labute approximate surface area is 50.3 Å². The molecule has 0 fully saturated rings. The Morgan fingerprint density at radius 1 is 1.88 bits per heavy atom. The molecule has 0 saturated heterocycles. The average Bonchev–Trinajstić information content (AvgIpc) is 1.67. The minimum Gasteiger partial charge on any atom is -0.304 e. The second-order valence-corrected chi connectivity index (χ2v) is 2.08. The van der Waals surface area contributed by atoms with Crippen LogP contribution < -0.4 is 5.90 Å². The molecule has 0 rings (SSSR count). The van der Waals surface area contributed by atoms with E-state index in [1.165, 1.54) is 0 Å². The van der Waals surface area contributed by atoms with E-state index in [1.807, 2.05) is 13.8 Å². The number of rotatable bonds is 3. The zero-order valence-corrected chi connectivity index (χ0v) is 5.48. The topological polar surface area (TPSA) is 35.2 Å². The molecule has 0 heterocycles. The number of hydrogen-bond acceptors (Lipinski definition) is 2. The fourth-order valence-electron chi connectivity index (χ4n) is 0.287. The van der Waals surface area contributed by atoms with E-state index in [2.05, 4.69) is 11.4 Å². The second kappa shape index (κ2) is 3.64. The van der Waals surface area contributed by atoms with Gasteiger partial charge in [0.2, 0.25) is 0 Å². The zero-order valence-electron chi connectivity index (χ0n) is 5.48. The summed E-state index contributed by atoms with van der Waals surface area (Å²) in [7, 11) is 0. The van der Waals surface area contributed by atoms with Gasteiger partial charge >= 0.3 is 0 Å². The van der Waals surface area contributed by atoms with Crippen LogP contribution in [0.25, 0.3) is 0 Å². The zero-order chi connectivity index (χ0) is 6.57. The summed E-state index contributed by atoms with van der Waals surface area (Å²) in [6.07, 6.45) is 0. The van der Waals surface area contributed by atoms with Gasteiger partial charge in [0.25, 0.3) is 0 Å². The lowest BCUT2D eigenvalue weighted by atomic mass is 10.1. The third-order valence-corrected chi connectivity index (χ3v) is 1.19. The van der Waals surface area contributed by atoms with Crippen LogP contribution in [0.5, 0.6) is 0 Å². The molecule has 0 saturated carbocycles. The predicted octanol–water partition coefficient (Wildman–Crippen LogP) is 1.09. The molecular weight excluding hydrogens is 102 g/mol. The normalized spacial score (nSPS) is 13.4. The molecule has 8 heavy (non-hydrogen) atoms. The molecule has 1 unspecified atom stereocenters. The molecule has 0 aliphatic carbocycles. The van der Waals surface area contributed by atoms with E-state index < -0.39 is 0 Å². The molecule has 0 amide bonds. The minimum atomic E-state index is 0.375. The van der Waals surface area contributed by atoms with Gasteiger partial charge in [0, 0.05) is 5.92 Å². The Balaban J connectivity index is 3.32. The van der Waals surface area contributed by atoms with Gasteiger partial charge in [-0.15, -0.1) is 0 Å². The van der Waals surface area contributed by atoms with Crippen molar-refractivity contribution in [3.8, 4) is 0 Å². The van der Waals surface area contributed by atoms with Crippen LogP contribution in [0.15, 0.2) is 12.2 Å². The van der Waals surface area contributed by atoms with E-state index >= 15 is 0 Å². The molecule has 1 atom stereocenters. The maximum absolute atomic E-state index is 4.83. The van der Waals surface area contributed by atoms with Gasteiger partial charge in [-0.25, -0.2) is 5.90 Å². The second-order valence-electron chi connectivity index (χ2n) is 2.08. The fourth-order valence-corrected chi connectivity index (χ4v) is 0.287. The smallest absolute Gasteiger partial charge is 0.0741 e. The van der Waals surface area contributed by atoms with Gasteiger partial charge in [-0.1, -0.05) is 19.1 Å². The molecule has 0 aliphatic heterocycles. The third-order valence-electron chi connectivity index (χ3n) is 1.19. The number of hydrogen-bond donors (Lipinski definition) is 1. The van der Waals surface area contributed by atoms with Crippen molar-refractivity contribution < 1.29 is 4.84 Å². The van der Waals surface area contributed by atoms with Crippen molar-refractivity contribution in [3.05, 3.63) is 12.2 Å². The summed E-state index contributed by atoms with van der Waals surface area (Å²) in [5, 5.41) is 0. The molecule has 2 N–H and O–H groups in total. The molecule has 0 spiro atoms. The van der Waals surface area contributed by atoms with E-state index in [9.17, 15) is 0 Å². The van der Waals surface area contributed by atoms with Gasteiger partial charge in [-0.05, 0) is 6.92 Å². The summed E-state index contributed by atoms with van der Waals surface area (Å²) in [5.74, 6) is 5.20. The van der Waals surface area contributed by atoms with Crippen LogP contribution in [0.4, 0.5) is 0 Å². The highest BCUT2D eigenvalue weighted by atomic mass is 16.6. The van der Waals surface area contributed by atoms with Gasteiger partial charge in [-0.2, -0.15) is 0 Å². The van der Waals surface area contributed by atoms with E-state index in [1.54, 1.807) is 0 Å². The van der Waals surface area contributed by atoms with Crippen molar-refractivity contribution in [2.24, 2.45) is 11.8 Å². The molecular formula is C6H13NO. The van der Waals surface area contributed by atoms with Crippen molar-refractivity contribution in [1.82, 2.24) is 0 Å². The van der Waals surface area contributed by atoms with Gasteiger partial charge in [0.1, 0.15) is 0 Å². The third kappa shape index (κ3) is 2.77. The van der Waals surface area contributed by atoms with Crippen LogP contribution in [0.2, 0.25) is 0 Å². The lowest BCUT2D eigenvalue weighted by molar-refractivity contribution is 0.117. The van der Waals surface area contributed by atoms with E-state index in [4.69, 9.17) is 5.90 Å². The standard InChI is InChI=1S/C6H13NO/c1-5(2)6(3)4-8-7/h6H,1,4,7H2,2-3H3. The van der Waals surface area contributed by atoms with Crippen LogP contribution >= 0.6 is 0 Å². The van der Waals surface area contributed by atoms with Gasteiger partial charge < -0.3 is 4.84 Å². The van der Waals surface area contributed by atoms with Crippen molar-refractivity contribution in [1.29, 1.82) is 0 Å². The summed E-state index contributed by atoms with van der Waals surface area (Å²) in [5.41, 5.74) is 1.11. The van der Waals surface area contributed by atoms with Crippen LogP contribution in [0, 0.1) is 5.92 Å². The molecule has 0 aromatic rings. The molecule has 2 nitrogen and oxygen atoms in total. The highest BCUT2D eigenvalue weighted by Crippen LogP contribution is 2.04. The average molecular weight is 115 g/mol. The Morgan fingerprint density at radius 3 is 2.50 bits per heavy atom. The molecule has 48 valence electrons. The Kier molecular flexibility index (Phi) is 3.48. The van der Waals surface area contributed by atoms with Crippen molar-refractivity contribution in [2.45, 2.75) is 13.8 Å². The molecule has 0 aromatic carbocycles. The van der Waals surface area contributed by atoms with Crippen LogP contribution in [-0.4, -0.2) is 6.61 Å². The monoisotopic (exact) mass is 115 g/mol. The first-order valence-corrected chi connectivity index (χ1v) is 2.65. The maximum atomic E-state index is 4.83. The summed E-state index contributed by atoms with van der Waals surface area (Å²) in [6, 6.07) is 0. The van der Waals surface area contributed by atoms with E-state index in [0.717, 1.165) is 5.57 Å². The minimum absolute atomic E-state index is 0.375. The highest BCUT2D eigenvalue weighted by molar-refractivity contribution is 4.93. The van der Waals surface area contributed by atoms with E-state index in [-0.39, 0.29) is 0 Å². The maximum Gasteiger partial charge on any atom is 0.0741 e. The van der Waals surface area contributed by atoms with Gasteiger partial charge in [-0.3, -0.25) is 0 Å². The largest absolute Gasteiger partial charge is 0.304 e. The molecule has 0 aliphatic rings. The quantitative estimate of drug-likeness (QED) is 0.441. The van der Waals surface area contributed by atoms with Crippen molar-refractivity contribution in [2.75, 3.05) is 6.61 Å². The predicted molar refractivity (Wildman–Crippen MR) is 34.1 cm³/mol. The highest BCUT2D eigenvalue weighted by Gasteiger charge is 1.99. The molecule has 0 bridgehead atoms. The van der Waals surface area contributed by atoms with Crippen molar-refractivity contribution >= 4 is 0 Å². The summed E-state index contributed by atoms with van der Waals surface area (Å²) in [4.78, 5) is 4.40. The Morgan fingerprint density at radius 2 is 2.38 bits per heavy atom. The van der Waals surface area contributed by atoms with Crippen molar-refractivity contribution in [3.63, 3.8) is 0 Å². The first-order valence-electron chi connectivity index (χ1n) is 2.65. The Bertz CT molecular complexity index is 80.6. The first kappa shape index (κ1) is 7.66. The summed E-state index contributed by atoms with van der Waals surface area (Å²) >= 11 is 0. The van der Waals surface area contributed by atoms with Gasteiger partial charge in [0.15, 0.2) is 0 Å². The first-order chi connectivity index (χ1) is 3.68. The lowest BCUT2D eigenvalue weighted by Crippen LogP contribution is -2.10. The number of nitrogens with two attached hydrogens (primary N) is 1. The van der Waals surface area contributed by atoms with Crippen LogP contribution in [-0.2, 0) is 4.84 Å². The van der Waals surface area contributed by atoms with Gasteiger partial charge in [0.05, 0.1) is 6.61 Å². The summed E-state index contributed by atoms with van der Waals surface area (Å²) < 4.78 is 0. The lowest BCUT2D eigenvalue weighted by Gasteiger charge is -2.06.